The van der Waals surface area contributed by atoms with Crippen LogP contribution in [0.15, 0.2) is 29.2 Å². The van der Waals surface area contributed by atoms with Crippen LogP contribution in [-0.2, 0) is 9.84 Å². The van der Waals surface area contributed by atoms with E-state index in [0.717, 1.165) is 25.7 Å². The lowest BCUT2D eigenvalue weighted by atomic mass is 9.88. The van der Waals surface area contributed by atoms with Crippen LogP contribution < -0.4 is 5.32 Å². The van der Waals surface area contributed by atoms with Crippen molar-refractivity contribution in [2.45, 2.75) is 41.7 Å². The van der Waals surface area contributed by atoms with Gasteiger partial charge in [0.2, 0.25) is 9.84 Å². The Balaban J connectivity index is 2.14. The van der Waals surface area contributed by atoms with Crippen molar-refractivity contribution in [3.8, 4) is 0 Å². The van der Waals surface area contributed by atoms with Crippen LogP contribution in [0, 0.1) is 5.92 Å². The second-order valence-corrected chi connectivity index (χ2v) is 7.69. The van der Waals surface area contributed by atoms with Crippen molar-refractivity contribution in [3.05, 3.63) is 24.3 Å². The van der Waals surface area contributed by atoms with Gasteiger partial charge < -0.3 is 5.32 Å². The Morgan fingerprint density at radius 2 is 1.90 bits per heavy atom. The van der Waals surface area contributed by atoms with Crippen LogP contribution in [0.4, 0.5) is 14.5 Å². The smallest absolute Gasteiger partial charge is 0.341 e. The highest BCUT2D eigenvalue weighted by molar-refractivity contribution is 7.91. The number of hydrogen-bond donors (Lipinski definition) is 1. The van der Waals surface area contributed by atoms with E-state index in [4.69, 9.17) is 11.6 Å². The number of hydrogen-bond acceptors (Lipinski definition) is 3. The van der Waals surface area contributed by atoms with Crippen molar-refractivity contribution in [1.29, 1.82) is 0 Å². The minimum atomic E-state index is -4.60. The molecule has 0 heterocycles. The van der Waals surface area contributed by atoms with E-state index in [9.17, 15) is 17.2 Å². The highest BCUT2D eigenvalue weighted by Gasteiger charge is 2.29. The van der Waals surface area contributed by atoms with Gasteiger partial charge in [-0.2, -0.15) is 8.78 Å². The molecular weight excluding hydrogens is 320 g/mol. The Labute approximate surface area is 128 Å². The summed E-state index contributed by atoms with van der Waals surface area (Å²) in [6.07, 6.45) is 4.09. The Hall–Kier alpha value is -0.880. The highest BCUT2D eigenvalue weighted by Crippen LogP contribution is 2.30. The lowest BCUT2D eigenvalue weighted by molar-refractivity contribution is 0.235. The fourth-order valence-corrected chi connectivity index (χ4v) is 3.87. The number of halogens is 3. The average Bonchev–Trinajstić information content (AvgIpc) is 2.46. The van der Waals surface area contributed by atoms with E-state index in [0.29, 0.717) is 6.54 Å². The molecule has 1 N–H and O–H groups in total. The second kappa shape index (κ2) is 6.92. The molecule has 21 heavy (non-hydrogen) atoms. The summed E-state index contributed by atoms with van der Waals surface area (Å²) in [4.78, 5) is -0.359. The van der Waals surface area contributed by atoms with Gasteiger partial charge in [0.15, 0.2) is 0 Å². The molecule has 7 heteroatoms. The van der Waals surface area contributed by atoms with Crippen LogP contribution in [0.25, 0.3) is 0 Å². The summed E-state index contributed by atoms with van der Waals surface area (Å²) < 4.78 is 48.7. The van der Waals surface area contributed by atoms with E-state index >= 15 is 0 Å². The molecule has 0 radical (unpaired) electrons. The summed E-state index contributed by atoms with van der Waals surface area (Å²) in [6, 6.07) is 5.75. The second-order valence-electron chi connectivity index (χ2n) is 5.24. The number of alkyl halides is 3. The molecule has 1 fully saturated rings. The molecule has 0 aliphatic heterocycles. The van der Waals surface area contributed by atoms with Crippen LogP contribution in [0.3, 0.4) is 0 Å². The van der Waals surface area contributed by atoms with Crippen molar-refractivity contribution in [2.75, 3.05) is 11.9 Å². The lowest BCUT2D eigenvalue weighted by Gasteiger charge is -2.27. The van der Waals surface area contributed by atoms with Gasteiger partial charge in [0.1, 0.15) is 0 Å². The molecule has 1 aromatic rings. The molecule has 0 saturated heterocycles. The van der Waals surface area contributed by atoms with Gasteiger partial charge in [0, 0.05) is 11.9 Å². The molecule has 2 atom stereocenters. The first-order valence-corrected chi connectivity index (χ1v) is 8.90. The third-order valence-corrected chi connectivity index (χ3v) is 5.81. The molecular formula is C14H18ClF2NO2S. The number of benzene rings is 1. The van der Waals surface area contributed by atoms with Gasteiger partial charge in [-0.25, -0.2) is 8.42 Å². The zero-order valence-electron chi connectivity index (χ0n) is 11.4. The molecule has 0 aromatic heterocycles. The molecule has 1 aliphatic rings. The minimum Gasteiger partial charge on any atom is -0.384 e. The number of sulfone groups is 1. The predicted octanol–water partition coefficient (Wildman–Crippen LogP) is 3.89. The minimum absolute atomic E-state index is 0.0464. The van der Waals surface area contributed by atoms with Gasteiger partial charge >= 0.3 is 5.76 Å². The topological polar surface area (TPSA) is 46.2 Å². The normalized spacial score (nSPS) is 23.2. The first-order valence-electron chi connectivity index (χ1n) is 6.92. The predicted molar refractivity (Wildman–Crippen MR) is 79.7 cm³/mol. The van der Waals surface area contributed by atoms with E-state index < -0.39 is 15.6 Å². The largest absolute Gasteiger partial charge is 0.384 e. The Morgan fingerprint density at radius 1 is 1.24 bits per heavy atom. The fraction of sp³-hybridized carbons (Fsp3) is 0.571. The lowest BCUT2D eigenvalue weighted by Crippen LogP contribution is -2.27. The fourth-order valence-electron chi connectivity index (χ4n) is 2.59. The van der Waals surface area contributed by atoms with Crippen LogP contribution in [0.2, 0.25) is 0 Å². The van der Waals surface area contributed by atoms with E-state index in [-0.39, 0.29) is 21.9 Å². The van der Waals surface area contributed by atoms with E-state index in [2.05, 4.69) is 5.32 Å². The van der Waals surface area contributed by atoms with Crippen LogP contribution in [-0.4, -0.2) is 26.1 Å². The molecule has 3 nitrogen and oxygen atoms in total. The summed E-state index contributed by atoms with van der Waals surface area (Å²) in [7, 11) is -4.60. The van der Waals surface area contributed by atoms with Crippen molar-refractivity contribution in [2.24, 2.45) is 5.92 Å². The molecule has 1 aromatic carbocycles. The van der Waals surface area contributed by atoms with E-state index in [1.54, 1.807) is 6.07 Å². The van der Waals surface area contributed by atoms with Gasteiger partial charge in [-0.15, -0.1) is 11.6 Å². The summed E-state index contributed by atoms with van der Waals surface area (Å²) >= 11 is 6.25. The van der Waals surface area contributed by atoms with E-state index in [1.165, 1.54) is 18.2 Å². The monoisotopic (exact) mass is 337 g/mol. The third kappa shape index (κ3) is 3.86. The first kappa shape index (κ1) is 16.5. The highest BCUT2D eigenvalue weighted by atomic mass is 35.5. The molecule has 0 spiro atoms. The molecule has 118 valence electrons. The van der Waals surface area contributed by atoms with Crippen molar-refractivity contribution in [1.82, 2.24) is 0 Å². The van der Waals surface area contributed by atoms with Gasteiger partial charge in [0.25, 0.3) is 0 Å². The molecule has 2 rings (SSSR count). The zero-order chi connectivity index (χ0) is 15.5. The van der Waals surface area contributed by atoms with Crippen molar-refractivity contribution >= 4 is 27.1 Å². The van der Waals surface area contributed by atoms with Crippen LogP contribution in [0.1, 0.15) is 25.7 Å². The Morgan fingerprint density at radius 3 is 2.57 bits per heavy atom. The Bertz CT molecular complexity index is 580. The molecule has 2 unspecified atom stereocenters. The average molecular weight is 338 g/mol. The third-order valence-electron chi connectivity index (χ3n) is 3.80. The van der Waals surface area contributed by atoms with Gasteiger partial charge in [-0.1, -0.05) is 25.0 Å². The SMILES string of the molecule is O=S(=O)(c1ccccc1NCC1CCCCC1Cl)C(F)F. The number of para-hydroxylation sites is 1. The molecule has 1 aliphatic carbocycles. The van der Waals surface area contributed by atoms with Gasteiger partial charge in [-0.05, 0) is 30.9 Å². The van der Waals surface area contributed by atoms with Crippen molar-refractivity contribution < 1.29 is 17.2 Å². The standard InChI is InChI=1S/C14H18ClF2NO2S/c15-11-6-2-1-5-10(11)9-18-12-7-3-4-8-13(12)21(19,20)14(16)17/h3-4,7-8,10-11,14,18H,1-2,5-6,9H2. The summed E-state index contributed by atoms with van der Waals surface area (Å²) in [5.74, 6) is -3.20. The summed E-state index contributed by atoms with van der Waals surface area (Å²) in [5, 5.41) is 3.02. The van der Waals surface area contributed by atoms with Crippen molar-refractivity contribution in [3.63, 3.8) is 0 Å². The number of anilines is 1. The maximum absolute atomic E-state index is 12.7. The quantitative estimate of drug-likeness (QED) is 0.829. The Kier molecular flexibility index (Phi) is 5.43. The van der Waals surface area contributed by atoms with Crippen LogP contribution in [0.5, 0.6) is 0 Å². The van der Waals surface area contributed by atoms with E-state index in [1.807, 2.05) is 0 Å². The summed E-state index contributed by atoms with van der Waals surface area (Å²) in [6.45, 7) is 0.490. The molecule has 0 bridgehead atoms. The summed E-state index contributed by atoms with van der Waals surface area (Å²) in [5.41, 5.74) is 0.215. The van der Waals surface area contributed by atoms with Gasteiger partial charge in [0.05, 0.1) is 10.6 Å². The zero-order valence-corrected chi connectivity index (χ0v) is 13.0. The molecule has 1 saturated carbocycles. The van der Waals surface area contributed by atoms with Gasteiger partial charge in [-0.3, -0.25) is 0 Å². The molecule has 0 amide bonds. The first-order chi connectivity index (χ1) is 9.93. The maximum Gasteiger partial charge on any atom is 0.341 e. The number of nitrogens with one attached hydrogen (secondary N) is 1. The van der Waals surface area contributed by atoms with Crippen LogP contribution >= 0.6 is 11.6 Å². The number of rotatable bonds is 5. The maximum atomic E-state index is 12.7.